The van der Waals surface area contributed by atoms with Crippen LogP contribution < -0.4 is 0 Å². The molecule has 0 bridgehead atoms. The van der Waals surface area contributed by atoms with E-state index in [0.717, 1.165) is 12.8 Å². The molecule has 18 heavy (non-hydrogen) atoms. The Morgan fingerprint density at radius 2 is 2.00 bits per heavy atom. The van der Waals surface area contributed by atoms with Gasteiger partial charge in [-0.25, -0.2) is 4.79 Å². The summed E-state index contributed by atoms with van der Waals surface area (Å²) in [6.45, 7) is 7.23. The van der Waals surface area contributed by atoms with E-state index in [1.165, 1.54) is 0 Å². The Kier molecular flexibility index (Phi) is 3.56. The van der Waals surface area contributed by atoms with Crippen molar-refractivity contribution in [2.45, 2.75) is 57.3 Å². The first kappa shape index (κ1) is 13.6. The summed E-state index contributed by atoms with van der Waals surface area (Å²) >= 11 is 0. The van der Waals surface area contributed by atoms with Gasteiger partial charge in [0.25, 0.3) is 0 Å². The van der Waals surface area contributed by atoms with Crippen molar-refractivity contribution < 1.29 is 19.4 Å². The molecule has 5 nitrogen and oxygen atoms in total. The van der Waals surface area contributed by atoms with Gasteiger partial charge in [-0.1, -0.05) is 0 Å². The fraction of sp³-hybridized carbons (Fsp3) is 0.923. The van der Waals surface area contributed by atoms with E-state index in [2.05, 4.69) is 0 Å². The lowest BCUT2D eigenvalue weighted by atomic mass is 9.87. The minimum absolute atomic E-state index is 0.264. The summed E-state index contributed by atoms with van der Waals surface area (Å²) in [5.74, 6) is 0. The molecular weight excluding hydrogens is 234 g/mol. The minimum Gasteiger partial charge on any atom is -0.444 e. The highest BCUT2D eigenvalue weighted by molar-refractivity contribution is 5.70. The maximum absolute atomic E-state index is 12.2. The standard InChI is InChI=1S/C13H23NO4/c1-12(2,3)18-11(16)14-9-10(15)8-13(14)4-6-17-7-5-13/h10,15H,4-9H2,1-3H3. The van der Waals surface area contributed by atoms with E-state index in [1.54, 1.807) is 4.90 Å². The van der Waals surface area contributed by atoms with Crippen LogP contribution in [0.5, 0.6) is 0 Å². The molecule has 1 unspecified atom stereocenters. The highest BCUT2D eigenvalue weighted by Gasteiger charge is 2.49. The van der Waals surface area contributed by atoms with Crippen LogP contribution in [0.1, 0.15) is 40.0 Å². The van der Waals surface area contributed by atoms with Gasteiger partial charge in [-0.05, 0) is 40.0 Å². The van der Waals surface area contributed by atoms with Crippen molar-refractivity contribution in [3.63, 3.8) is 0 Å². The Labute approximate surface area is 108 Å². The van der Waals surface area contributed by atoms with E-state index >= 15 is 0 Å². The van der Waals surface area contributed by atoms with Crippen LogP contribution in [0, 0.1) is 0 Å². The Morgan fingerprint density at radius 1 is 1.39 bits per heavy atom. The van der Waals surface area contributed by atoms with Crippen LogP contribution in [0.3, 0.4) is 0 Å². The SMILES string of the molecule is CC(C)(C)OC(=O)N1CC(O)CC12CCOCC2. The lowest BCUT2D eigenvalue weighted by Gasteiger charge is -2.41. The average Bonchev–Trinajstić information content (AvgIpc) is 2.54. The number of β-amino-alcohol motifs (C(OH)–C–C–N with tert-alkyl or cyclic N) is 1. The maximum Gasteiger partial charge on any atom is 0.410 e. The highest BCUT2D eigenvalue weighted by atomic mass is 16.6. The van der Waals surface area contributed by atoms with E-state index in [9.17, 15) is 9.90 Å². The van der Waals surface area contributed by atoms with Crippen LogP contribution in [0.4, 0.5) is 4.79 Å². The van der Waals surface area contributed by atoms with Crippen molar-refractivity contribution in [2.24, 2.45) is 0 Å². The van der Waals surface area contributed by atoms with Crippen molar-refractivity contribution in [3.05, 3.63) is 0 Å². The van der Waals surface area contributed by atoms with Gasteiger partial charge < -0.3 is 14.6 Å². The number of carbonyl (C=O) groups excluding carboxylic acids is 1. The third-order valence-corrected chi connectivity index (χ3v) is 3.62. The van der Waals surface area contributed by atoms with E-state index in [0.29, 0.717) is 26.2 Å². The molecule has 1 amide bonds. The second-order valence-electron chi connectivity index (χ2n) is 6.29. The first-order valence-electron chi connectivity index (χ1n) is 6.59. The summed E-state index contributed by atoms with van der Waals surface area (Å²) in [6, 6.07) is 0. The van der Waals surface area contributed by atoms with Crippen LogP contribution in [-0.4, -0.2) is 53.1 Å². The molecule has 0 aliphatic carbocycles. The summed E-state index contributed by atoms with van der Waals surface area (Å²) < 4.78 is 10.8. The Bertz CT molecular complexity index is 317. The van der Waals surface area contributed by atoms with Crippen molar-refractivity contribution in [3.8, 4) is 0 Å². The topological polar surface area (TPSA) is 59.0 Å². The monoisotopic (exact) mass is 257 g/mol. The zero-order valence-electron chi connectivity index (χ0n) is 11.4. The Hall–Kier alpha value is -0.810. The summed E-state index contributed by atoms with van der Waals surface area (Å²) in [7, 11) is 0. The Balaban J connectivity index is 2.11. The van der Waals surface area contributed by atoms with E-state index in [-0.39, 0.29) is 11.6 Å². The zero-order valence-corrected chi connectivity index (χ0v) is 11.4. The van der Waals surface area contributed by atoms with E-state index < -0.39 is 11.7 Å². The van der Waals surface area contributed by atoms with Gasteiger partial charge in [-0.2, -0.15) is 0 Å². The number of rotatable bonds is 0. The summed E-state index contributed by atoms with van der Waals surface area (Å²) in [4.78, 5) is 13.9. The Morgan fingerprint density at radius 3 is 2.56 bits per heavy atom. The number of ether oxygens (including phenoxy) is 2. The van der Waals surface area contributed by atoms with Crippen LogP contribution in [-0.2, 0) is 9.47 Å². The number of aliphatic hydroxyl groups excluding tert-OH is 1. The van der Waals surface area contributed by atoms with Crippen molar-refractivity contribution in [1.82, 2.24) is 4.90 Å². The lowest BCUT2D eigenvalue weighted by Crippen LogP contribution is -2.51. The second kappa shape index (κ2) is 4.70. The molecule has 104 valence electrons. The van der Waals surface area contributed by atoms with Crippen LogP contribution >= 0.6 is 0 Å². The molecule has 2 rings (SSSR count). The third-order valence-electron chi connectivity index (χ3n) is 3.62. The van der Waals surface area contributed by atoms with Gasteiger partial charge in [-0.15, -0.1) is 0 Å². The van der Waals surface area contributed by atoms with Crippen LogP contribution in [0.25, 0.3) is 0 Å². The molecule has 0 aromatic carbocycles. The van der Waals surface area contributed by atoms with Gasteiger partial charge in [-0.3, -0.25) is 4.90 Å². The van der Waals surface area contributed by atoms with Gasteiger partial charge in [0.1, 0.15) is 5.60 Å². The average molecular weight is 257 g/mol. The van der Waals surface area contributed by atoms with Crippen LogP contribution in [0.15, 0.2) is 0 Å². The number of hydrogen-bond donors (Lipinski definition) is 1. The predicted octanol–water partition coefficient (Wildman–Crippen LogP) is 1.54. The number of amides is 1. The maximum atomic E-state index is 12.2. The fourth-order valence-electron chi connectivity index (χ4n) is 2.83. The van der Waals surface area contributed by atoms with Gasteiger partial charge in [0.15, 0.2) is 0 Å². The lowest BCUT2D eigenvalue weighted by molar-refractivity contribution is -0.0290. The van der Waals surface area contributed by atoms with Crippen molar-refractivity contribution in [2.75, 3.05) is 19.8 Å². The number of nitrogens with zero attached hydrogens (tertiary/aromatic N) is 1. The van der Waals surface area contributed by atoms with E-state index in [4.69, 9.17) is 9.47 Å². The molecule has 1 spiro atoms. The van der Waals surface area contributed by atoms with Gasteiger partial charge in [0.05, 0.1) is 18.2 Å². The van der Waals surface area contributed by atoms with Crippen LogP contribution in [0.2, 0.25) is 0 Å². The first-order valence-corrected chi connectivity index (χ1v) is 6.59. The predicted molar refractivity (Wildman–Crippen MR) is 66.3 cm³/mol. The summed E-state index contributed by atoms with van der Waals surface area (Å²) in [6.07, 6.45) is 1.43. The van der Waals surface area contributed by atoms with Crippen molar-refractivity contribution in [1.29, 1.82) is 0 Å². The molecule has 5 heteroatoms. The number of likely N-dealkylation sites (tertiary alicyclic amines) is 1. The van der Waals surface area contributed by atoms with Gasteiger partial charge >= 0.3 is 6.09 Å². The number of carbonyl (C=O) groups is 1. The summed E-state index contributed by atoms with van der Waals surface area (Å²) in [5.41, 5.74) is -0.767. The zero-order chi connectivity index (χ0) is 13.4. The second-order valence-corrected chi connectivity index (χ2v) is 6.29. The molecule has 0 saturated carbocycles. The quantitative estimate of drug-likeness (QED) is 0.715. The molecule has 0 aromatic rings. The smallest absolute Gasteiger partial charge is 0.410 e. The largest absolute Gasteiger partial charge is 0.444 e. The molecule has 2 heterocycles. The third kappa shape index (κ3) is 2.78. The fourth-order valence-corrected chi connectivity index (χ4v) is 2.83. The highest BCUT2D eigenvalue weighted by Crippen LogP contribution is 2.38. The molecule has 2 aliphatic rings. The molecule has 2 aliphatic heterocycles. The number of aliphatic hydroxyl groups is 1. The van der Waals surface area contributed by atoms with E-state index in [1.807, 2.05) is 20.8 Å². The minimum atomic E-state index is -0.503. The molecule has 0 aromatic heterocycles. The molecule has 1 atom stereocenters. The number of hydrogen-bond acceptors (Lipinski definition) is 4. The molecule has 1 N–H and O–H groups in total. The van der Waals surface area contributed by atoms with Crippen molar-refractivity contribution >= 4 is 6.09 Å². The molecule has 0 radical (unpaired) electrons. The molecule has 2 fully saturated rings. The first-order chi connectivity index (χ1) is 8.32. The normalized spacial score (nSPS) is 27.6. The molecular formula is C13H23NO4. The van der Waals surface area contributed by atoms with Gasteiger partial charge in [0, 0.05) is 13.2 Å². The summed E-state index contributed by atoms with van der Waals surface area (Å²) in [5, 5.41) is 9.87. The molecule has 2 saturated heterocycles. The van der Waals surface area contributed by atoms with Gasteiger partial charge in [0.2, 0.25) is 0 Å².